The third-order valence-corrected chi connectivity index (χ3v) is 2.20. The minimum Gasteiger partial charge on any atom is -0.468 e. The highest BCUT2D eigenvalue weighted by Crippen LogP contribution is 2.14. The second-order valence-corrected chi connectivity index (χ2v) is 3.38. The molecule has 1 atom stereocenters. The molecule has 0 bridgehead atoms. The number of esters is 1. The molecule has 0 saturated carbocycles. The molecule has 0 saturated heterocycles. The summed E-state index contributed by atoms with van der Waals surface area (Å²) in [6, 6.07) is 3.37. The molecule has 0 aliphatic carbocycles. The Labute approximate surface area is 93.8 Å². The molecule has 88 valence electrons. The van der Waals surface area contributed by atoms with Crippen molar-refractivity contribution in [2.75, 3.05) is 12.4 Å². The van der Waals surface area contributed by atoms with Crippen LogP contribution in [0.2, 0.25) is 0 Å². The van der Waals surface area contributed by atoms with Crippen molar-refractivity contribution < 1.29 is 18.7 Å². The highest BCUT2D eigenvalue weighted by atomic mass is 16.5. The summed E-state index contributed by atoms with van der Waals surface area (Å²) in [5.41, 5.74) is 0. The van der Waals surface area contributed by atoms with E-state index in [4.69, 9.17) is 4.42 Å². The zero-order valence-corrected chi connectivity index (χ0v) is 9.57. The normalized spacial score (nSPS) is 11.9. The molecule has 16 heavy (non-hydrogen) atoms. The number of furan rings is 1. The van der Waals surface area contributed by atoms with Crippen molar-refractivity contribution in [3.8, 4) is 0 Å². The fourth-order valence-corrected chi connectivity index (χ4v) is 1.31. The van der Waals surface area contributed by atoms with E-state index in [9.17, 15) is 9.59 Å². The number of methoxy groups -OCH3 is 1. The van der Waals surface area contributed by atoms with Gasteiger partial charge in [0.25, 0.3) is 0 Å². The Morgan fingerprint density at radius 1 is 1.50 bits per heavy atom. The van der Waals surface area contributed by atoms with E-state index in [0.717, 1.165) is 0 Å². The van der Waals surface area contributed by atoms with Crippen LogP contribution in [0.1, 0.15) is 19.1 Å². The van der Waals surface area contributed by atoms with Crippen molar-refractivity contribution in [1.29, 1.82) is 0 Å². The summed E-state index contributed by atoms with van der Waals surface area (Å²) in [7, 11) is 1.26. The van der Waals surface area contributed by atoms with E-state index in [1.807, 2.05) is 0 Å². The molecule has 1 rings (SSSR count). The average molecular weight is 225 g/mol. The largest absolute Gasteiger partial charge is 0.468 e. The van der Waals surface area contributed by atoms with E-state index >= 15 is 0 Å². The number of ether oxygens (including phenoxy) is 1. The van der Waals surface area contributed by atoms with Gasteiger partial charge in [0.1, 0.15) is 11.7 Å². The Kier molecular flexibility index (Phi) is 4.10. The maximum Gasteiger partial charge on any atom is 0.318 e. The number of carbonyl (C=O) groups excluding carboxylic acids is 2. The minimum absolute atomic E-state index is 0.338. The van der Waals surface area contributed by atoms with Gasteiger partial charge in [0.2, 0.25) is 5.91 Å². The average Bonchev–Trinajstić information content (AvgIpc) is 2.64. The van der Waals surface area contributed by atoms with Gasteiger partial charge in [-0.05, 0) is 19.4 Å². The predicted molar refractivity (Wildman–Crippen MR) is 57.9 cm³/mol. The van der Waals surface area contributed by atoms with Gasteiger partial charge in [0, 0.05) is 6.07 Å². The zero-order chi connectivity index (χ0) is 12.1. The lowest BCUT2D eigenvalue weighted by atomic mass is 10.1. The van der Waals surface area contributed by atoms with Gasteiger partial charge in [-0.25, -0.2) is 0 Å². The second kappa shape index (κ2) is 5.34. The van der Waals surface area contributed by atoms with E-state index < -0.39 is 17.8 Å². The second-order valence-electron chi connectivity index (χ2n) is 3.38. The molecular formula is C11H15NO4. The number of nitrogens with one attached hydrogen (secondary N) is 1. The van der Waals surface area contributed by atoms with Gasteiger partial charge in [0.05, 0.1) is 7.11 Å². The van der Waals surface area contributed by atoms with Crippen molar-refractivity contribution in [3.05, 3.63) is 17.9 Å². The quantitative estimate of drug-likeness (QED) is 0.625. The van der Waals surface area contributed by atoms with E-state index in [-0.39, 0.29) is 0 Å². The van der Waals surface area contributed by atoms with Crippen LogP contribution in [0.4, 0.5) is 5.88 Å². The molecule has 1 unspecified atom stereocenters. The number of hydrogen-bond acceptors (Lipinski definition) is 4. The monoisotopic (exact) mass is 225 g/mol. The van der Waals surface area contributed by atoms with Crippen LogP contribution in [-0.2, 0) is 14.3 Å². The van der Waals surface area contributed by atoms with Crippen LogP contribution < -0.4 is 5.32 Å². The van der Waals surface area contributed by atoms with Crippen molar-refractivity contribution in [2.24, 2.45) is 5.92 Å². The van der Waals surface area contributed by atoms with E-state index in [0.29, 0.717) is 18.1 Å². The molecule has 1 aromatic heterocycles. The molecule has 5 heteroatoms. The first kappa shape index (κ1) is 12.3. The molecular weight excluding hydrogens is 210 g/mol. The van der Waals surface area contributed by atoms with Gasteiger partial charge in [0.15, 0.2) is 5.88 Å². The lowest BCUT2D eigenvalue weighted by Gasteiger charge is -2.10. The molecule has 0 spiro atoms. The summed E-state index contributed by atoms with van der Waals surface area (Å²) in [4.78, 5) is 22.9. The first-order chi connectivity index (χ1) is 7.58. The van der Waals surface area contributed by atoms with E-state index in [1.54, 1.807) is 26.0 Å². The first-order valence-electron chi connectivity index (χ1n) is 5.03. The molecule has 1 amide bonds. The fraction of sp³-hybridized carbons (Fsp3) is 0.455. The minimum atomic E-state index is -0.796. The van der Waals surface area contributed by atoms with Gasteiger partial charge in [-0.15, -0.1) is 0 Å². The number of amides is 1. The summed E-state index contributed by atoms with van der Waals surface area (Å²) < 4.78 is 9.72. The van der Waals surface area contributed by atoms with Gasteiger partial charge >= 0.3 is 5.97 Å². The summed E-state index contributed by atoms with van der Waals surface area (Å²) >= 11 is 0. The van der Waals surface area contributed by atoms with Gasteiger partial charge < -0.3 is 9.15 Å². The van der Waals surface area contributed by atoms with Crippen molar-refractivity contribution in [1.82, 2.24) is 0 Å². The highest BCUT2D eigenvalue weighted by Gasteiger charge is 2.26. The van der Waals surface area contributed by atoms with Crippen LogP contribution in [0, 0.1) is 12.8 Å². The molecule has 0 aliphatic heterocycles. The summed E-state index contributed by atoms with van der Waals surface area (Å²) in [5, 5.41) is 2.52. The number of hydrogen-bond donors (Lipinski definition) is 1. The van der Waals surface area contributed by atoms with E-state index in [1.165, 1.54) is 7.11 Å². The number of rotatable bonds is 4. The maximum atomic E-state index is 11.7. The maximum absolute atomic E-state index is 11.7. The smallest absolute Gasteiger partial charge is 0.318 e. The summed E-state index contributed by atoms with van der Waals surface area (Å²) in [6.07, 6.45) is 0.387. The number of aryl methyl sites for hydroxylation is 1. The molecule has 0 radical (unpaired) electrons. The number of carbonyl (C=O) groups is 2. The zero-order valence-electron chi connectivity index (χ0n) is 9.57. The van der Waals surface area contributed by atoms with Crippen LogP contribution in [0.15, 0.2) is 16.5 Å². The van der Waals surface area contributed by atoms with E-state index in [2.05, 4.69) is 10.1 Å². The third-order valence-electron chi connectivity index (χ3n) is 2.20. The third kappa shape index (κ3) is 2.85. The molecule has 1 aromatic rings. The molecule has 5 nitrogen and oxygen atoms in total. The van der Waals surface area contributed by atoms with Crippen LogP contribution in [0.5, 0.6) is 0 Å². The van der Waals surface area contributed by atoms with Crippen molar-refractivity contribution in [2.45, 2.75) is 20.3 Å². The van der Waals surface area contributed by atoms with Crippen molar-refractivity contribution >= 4 is 17.8 Å². The Morgan fingerprint density at radius 2 is 2.19 bits per heavy atom. The summed E-state index contributed by atoms with van der Waals surface area (Å²) in [6.45, 7) is 3.52. The van der Waals surface area contributed by atoms with Crippen LogP contribution in [0.25, 0.3) is 0 Å². The molecule has 1 N–H and O–H groups in total. The molecule has 1 heterocycles. The van der Waals surface area contributed by atoms with Gasteiger partial charge in [-0.1, -0.05) is 6.92 Å². The lowest BCUT2D eigenvalue weighted by molar-refractivity contribution is -0.148. The number of anilines is 1. The Morgan fingerprint density at radius 3 is 2.62 bits per heavy atom. The molecule has 0 aromatic carbocycles. The van der Waals surface area contributed by atoms with Crippen LogP contribution in [-0.4, -0.2) is 19.0 Å². The van der Waals surface area contributed by atoms with Gasteiger partial charge in [-0.3, -0.25) is 14.9 Å². The molecule has 0 fully saturated rings. The van der Waals surface area contributed by atoms with Crippen LogP contribution in [0.3, 0.4) is 0 Å². The van der Waals surface area contributed by atoms with Crippen LogP contribution >= 0.6 is 0 Å². The highest BCUT2D eigenvalue weighted by molar-refractivity contribution is 6.04. The summed E-state index contributed by atoms with van der Waals surface area (Å²) in [5.74, 6) is -0.714. The fourth-order valence-electron chi connectivity index (χ4n) is 1.31. The van der Waals surface area contributed by atoms with Crippen molar-refractivity contribution in [3.63, 3.8) is 0 Å². The SMILES string of the molecule is CCC(C(=O)Nc1ccc(C)o1)C(=O)OC. The topological polar surface area (TPSA) is 68.5 Å². The Hall–Kier alpha value is -1.78. The predicted octanol–water partition coefficient (Wildman–Crippen LogP) is 1.73. The Balaban J connectivity index is 2.66. The lowest BCUT2D eigenvalue weighted by Crippen LogP contribution is -2.29. The molecule has 0 aliphatic rings. The standard InChI is InChI=1S/C11H15NO4/c1-4-8(11(14)15-3)10(13)12-9-6-5-7(2)16-9/h5-6,8H,4H2,1-3H3,(H,12,13). The Bertz CT molecular complexity index is 383. The first-order valence-corrected chi connectivity index (χ1v) is 5.03. The van der Waals surface area contributed by atoms with Gasteiger partial charge in [-0.2, -0.15) is 0 Å².